The van der Waals surface area contributed by atoms with Crippen molar-refractivity contribution in [1.82, 2.24) is 9.78 Å². The van der Waals surface area contributed by atoms with Crippen molar-refractivity contribution >= 4 is 23.5 Å². The average molecular weight is 333 g/mol. The minimum absolute atomic E-state index is 0.0274. The van der Waals surface area contributed by atoms with E-state index < -0.39 is 0 Å². The molecule has 0 saturated carbocycles. The van der Waals surface area contributed by atoms with Crippen LogP contribution in [0.3, 0.4) is 0 Å². The van der Waals surface area contributed by atoms with Gasteiger partial charge in [0.25, 0.3) is 0 Å². The first kappa shape index (κ1) is 16.1. The second kappa shape index (κ2) is 6.00. The number of anilines is 1. The fourth-order valence-electron chi connectivity index (χ4n) is 2.57. The predicted molar refractivity (Wildman–Crippen MR) is 91.2 cm³/mol. The summed E-state index contributed by atoms with van der Waals surface area (Å²) in [5.41, 5.74) is 2.73. The molecule has 0 bridgehead atoms. The van der Waals surface area contributed by atoms with Crippen LogP contribution < -0.4 is 5.32 Å². The standard InChI is InChI=1S/C17H20FN3OS/c1-17(2,3)8-15(22)19-16-13-9-23-10-14(13)20-21(16)12-6-4-11(18)5-7-12/h4-7H,8-10H2,1-3H3,(H,19,22). The number of benzene rings is 1. The van der Waals surface area contributed by atoms with Crippen LogP contribution in [0.25, 0.3) is 5.69 Å². The second-order valence-corrected chi connectivity index (χ2v) is 7.93. The quantitative estimate of drug-likeness (QED) is 0.918. The number of nitrogens with one attached hydrogen (secondary N) is 1. The summed E-state index contributed by atoms with van der Waals surface area (Å²) in [4.78, 5) is 12.3. The van der Waals surface area contributed by atoms with E-state index in [0.29, 0.717) is 12.2 Å². The highest BCUT2D eigenvalue weighted by atomic mass is 32.2. The van der Waals surface area contributed by atoms with Crippen LogP contribution in [0.1, 0.15) is 38.4 Å². The zero-order valence-corrected chi connectivity index (χ0v) is 14.3. The Morgan fingerprint density at radius 2 is 2.00 bits per heavy atom. The fraction of sp³-hybridized carbons (Fsp3) is 0.412. The number of thioether (sulfide) groups is 1. The zero-order chi connectivity index (χ0) is 16.6. The minimum Gasteiger partial charge on any atom is -0.310 e. The maximum absolute atomic E-state index is 13.2. The van der Waals surface area contributed by atoms with Gasteiger partial charge in [0.15, 0.2) is 0 Å². The summed E-state index contributed by atoms with van der Waals surface area (Å²) in [6.45, 7) is 6.10. The van der Waals surface area contributed by atoms with E-state index in [1.54, 1.807) is 28.6 Å². The van der Waals surface area contributed by atoms with Crippen molar-refractivity contribution in [2.24, 2.45) is 5.41 Å². The lowest BCUT2D eigenvalue weighted by atomic mass is 9.92. The van der Waals surface area contributed by atoms with E-state index in [1.807, 2.05) is 20.8 Å². The van der Waals surface area contributed by atoms with E-state index in [0.717, 1.165) is 28.5 Å². The molecule has 0 saturated heterocycles. The third-order valence-electron chi connectivity index (χ3n) is 3.57. The number of carbonyl (C=O) groups excluding carboxylic acids is 1. The number of hydrogen-bond acceptors (Lipinski definition) is 3. The normalized spacial score (nSPS) is 13.9. The summed E-state index contributed by atoms with van der Waals surface area (Å²) in [5.74, 6) is 2.07. The van der Waals surface area contributed by atoms with Crippen LogP contribution in [0.15, 0.2) is 24.3 Å². The molecule has 1 amide bonds. The molecule has 0 spiro atoms. The Morgan fingerprint density at radius 3 is 2.65 bits per heavy atom. The number of nitrogens with zero attached hydrogens (tertiary/aromatic N) is 2. The van der Waals surface area contributed by atoms with E-state index >= 15 is 0 Å². The molecule has 23 heavy (non-hydrogen) atoms. The van der Waals surface area contributed by atoms with Gasteiger partial charge in [-0.25, -0.2) is 9.07 Å². The SMILES string of the molecule is CC(C)(C)CC(=O)Nc1c2c(nn1-c1ccc(F)cc1)CSC2. The van der Waals surface area contributed by atoms with Crippen LogP contribution in [0.2, 0.25) is 0 Å². The monoisotopic (exact) mass is 333 g/mol. The lowest BCUT2D eigenvalue weighted by Crippen LogP contribution is -2.21. The van der Waals surface area contributed by atoms with Crippen molar-refractivity contribution in [2.45, 2.75) is 38.7 Å². The number of aromatic nitrogens is 2. The first-order chi connectivity index (χ1) is 10.8. The van der Waals surface area contributed by atoms with Gasteiger partial charge in [0, 0.05) is 23.5 Å². The number of hydrogen-bond donors (Lipinski definition) is 1. The topological polar surface area (TPSA) is 46.9 Å². The smallest absolute Gasteiger partial charge is 0.226 e. The molecule has 1 aliphatic heterocycles. The highest BCUT2D eigenvalue weighted by Crippen LogP contribution is 2.36. The Labute approximate surface area is 139 Å². The van der Waals surface area contributed by atoms with Crippen molar-refractivity contribution < 1.29 is 9.18 Å². The summed E-state index contributed by atoms with van der Waals surface area (Å²) in [6.07, 6.45) is 0.434. The Balaban J connectivity index is 1.95. The van der Waals surface area contributed by atoms with E-state index in [9.17, 15) is 9.18 Å². The summed E-state index contributed by atoms with van der Waals surface area (Å²) < 4.78 is 14.9. The average Bonchev–Trinajstić information content (AvgIpc) is 3.00. The summed E-state index contributed by atoms with van der Waals surface area (Å²) in [5, 5.41) is 7.61. The molecule has 4 nitrogen and oxygen atoms in total. The van der Waals surface area contributed by atoms with Gasteiger partial charge in [0.05, 0.1) is 11.4 Å². The van der Waals surface area contributed by atoms with Gasteiger partial charge >= 0.3 is 0 Å². The molecule has 2 aromatic rings. The van der Waals surface area contributed by atoms with Crippen LogP contribution >= 0.6 is 11.8 Å². The highest BCUT2D eigenvalue weighted by Gasteiger charge is 2.26. The number of rotatable bonds is 3. The molecule has 0 unspecified atom stereocenters. The van der Waals surface area contributed by atoms with Gasteiger partial charge in [-0.1, -0.05) is 20.8 Å². The van der Waals surface area contributed by atoms with Gasteiger partial charge in [-0.15, -0.1) is 0 Å². The van der Waals surface area contributed by atoms with Gasteiger partial charge in [0.2, 0.25) is 5.91 Å². The van der Waals surface area contributed by atoms with Crippen molar-refractivity contribution in [1.29, 1.82) is 0 Å². The molecule has 0 atom stereocenters. The van der Waals surface area contributed by atoms with Gasteiger partial charge in [-0.05, 0) is 29.7 Å². The Kier molecular flexibility index (Phi) is 4.19. The Hall–Kier alpha value is -1.82. The molecule has 1 aromatic heterocycles. The molecule has 122 valence electrons. The molecule has 1 aromatic carbocycles. The van der Waals surface area contributed by atoms with E-state index in [2.05, 4.69) is 10.4 Å². The fourth-order valence-corrected chi connectivity index (χ4v) is 3.60. The third kappa shape index (κ3) is 3.58. The molecule has 1 aliphatic rings. The highest BCUT2D eigenvalue weighted by molar-refractivity contribution is 7.98. The Bertz CT molecular complexity index is 732. The number of carbonyl (C=O) groups is 1. The first-order valence-electron chi connectivity index (χ1n) is 7.58. The number of fused-ring (bicyclic) bond motifs is 1. The molecular weight excluding hydrogens is 313 g/mol. The van der Waals surface area contributed by atoms with Crippen LogP contribution in [0, 0.1) is 11.2 Å². The summed E-state index contributed by atoms with van der Waals surface area (Å²) in [6, 6.07) is 6.14. The number of halogens is 1. The minimum atomic E-state index is -0.290. The second-order valence-electron chi connectivity index (χ2n) is 6.94. The van der Waals surface area contributed by atoms with Gasteiger partial charge < -0.3 is 5.32 Å². The van der Waals surface area contributed by atoms with Crippen molar-refractivity contribution in [3.05, 3.63) is 41.3 Å². The Morgan fingerprint density at radius 1 is 1.30 bits per heavy atom. The van der Waals surface area contributed by atoms with Gasteiger partial charge in [0.1, 0.15) is 11.6 Å². The predicted octanol–water partition coefficient (Wildman–Crippen LogP) is 4.13. The zero-order valence-electron chi connectivity index (χ0n) is 13.5. The van der Waals surface area contributed by atoms with E-state index in [-0.39, 0.29) is 17.1 Å². The molecular formula is C17H20FN3OS. The maximum atomic E-state index is 13.2. The van der Waals surface area contributed by atoms with Crippen molar-refractivity contribution in [3.63, 3.8) is 0 Å². The lowest BCUT2D eigenvalue weighted by Gasteiger charge is -2.18. The largest absolute Gasteiger partial charge is 0.310 e. The molecule has 3 rings (SSSR count). The van der Waals surface area contributed by atoms with Gasteiger partial charge in [-0.2, -0.15) is 16.9 Å². The van der Waals surface area contributed by atoms with Gasteiger partial charge in [-0.3, -0.25) is 4.79 Å². The van der Waals surface area contributed by atoms with E-state index in [4.69, 9.17) is 0 Å². The van der Waals surface area contributed by atoms with Crippen LogP contribution in [-0.4, -0.2) is 15.7 Å². The van der Waals surface area contributed by atoms with Crippen LogP contribution in [0.5, 0.6) is 0 Å². The lowest BCUT2D eigenvalue weighted by molar-refractivity contribution is -0.117. The summed E-state index contributed by atoms with van der Waals surface area (Å²) >= 11 is 1.78. The number of amides is 1. The van der Waals surface area contributed by atoms with Crippen LogP contribution in [0.4, 0.5) is 10.2 Å². The maximum Gasteiger partial charge on any atom is 0.226 e. The van der Waals surface area contributed by atoms with E-state index in [1.165, 1.54) is 12.1 Å². The third-order valence-corrected chi connectivity index (χ3v) is 4.54. The first-order valence-corrected chi connectivity index (χ1v) is 8.73. The molecule has 2 heterocycles. The summed E-state index contributed by atoms with van der Waals surface area (Å²) in [7, 11) is 0. The van der Waals surface area contributed by atoms with Crippen LogP contribution in [-0.2, 0) is 16.3 Å². The molecule has 0 fully saturated rings. The molecule has 0 aliphatic carbocycles. The van der Waals surface area contributed by atoms with Crippen molar-refractivity contribution in [2.75, 3.05) is 5.32 Å². The molecule has 1 N–H and O–H groups in total. The molecule has 6 heteroatoms. The molecule has 0 radical (unpaired) electrons. The van der Waals surface area contributed by atoms with Crippen molar-refractivity contribution in [3.8, 4) is 5.69 Å².